The number of rotatable bonds is 3. The van der Waals surface area contributed by atoms with Crippen LogP contribution in [0.5, 0.6) is 5.75 Å². The third kappa shape index (κ3) is 3.09. The Labute approximate surface area is 134 Å². The van der Waals surface area contributed by atoms with Gasteiger partial charge in [0.2, 0.25) is 0 Å². The van der Waals surface area contributed by atoms with Gasteiger partial charge in [-0.15, -0.1) is 0 Å². The van der Waals surface area contributed by atoms with Gasteiger partial charge in [-0.3, -0.25) is 0 Å². The molecule has 2 rings (SSSR count). The third-order valence-electron chi connectivity index (χ3n) is 2.83. The molecule has 0 fully saturated rings. The molecule has 6 heteroatoms. The van der Waals surface area contributed by atoms with Gasteiger partial charge in [0.05, 0.1) is 21.6 Å². The molecule has 0 aromatic heterocycles. The van der Waals surface area contributed by atoms with Gasteiger partial charge in [-0.25, -0.2) is 4.39 Å². The number of benzene rings is 2. The molecule has 0 aliphatic heterocycles. The molecule has 0 heterocycles. The van der Waals surface area contributed by atoms with Crippen molar-refractivity contribution in [1.82, 2.24) is 0 Å². The Balaban J connectivity index is 2.45. The van der Waals surface area contributed by atoms with Crippen LogP contribution in [0.4, 0.5) is 4.39 Å². The Kier molecular flexibility index (Phi) is 4.91. The van der Waals surface area contributed by atoms with Gasteiger partial charge in [0.1, 0.15) is 17.7 Å². The van der Waals surface area contributed by atoms with E-state index in [0.717, 1.165) is 0 Å². The average Bonchev–Trinajstić information content (AvgIpc) is 2.43. The molecule has 1 N–H and O–H groups in total. The topological polar surface area (TPSA) is 29.5 Å². The van der Waals surface area contributed by atoms with Crippen molar-refractivity contribution >= 4 is 39.1 Å². The first-order valence-corrected chi connectivity index (χ1v) is 7.15. The van der Waals surface area contributed by atoms with E-state index in [1.54, 1.807) is 0 Å². The quantitative estimate of drug-likeness (QED) is 0.814. The summed E-state index contributed by atoms with van der Waals surface area (Å²) in [6, 6.07) is 7.31. The fraction of sp³-hybridized carbons (Fsp3) is 0.143. The summed E-state index contributed by atoms with van der Waals surface area (Å²) in [6.07, 6.45) is -1.01. The standard InChI is InChI=1S/C14H10BrCl2FO2/c1-20-13-6-10(16)8(5-11(13)17)14(19)7-2-3-12(18)9(15)4-7/h2-6,14,19H,1H3. The van der Waals surface area contributed by atoms with Crippen LogP contribution in [0, 0.1) is 5.82 Å². The summed E-state index contributed by atoms with van der Waals surface area (Å²) in [5.41, 5.74) is 0.928. The monoisotopic (exact) mass is 378 g/mol. The van der Waals surface area contributed by atoms with E-state index in [-0.39, 0.29) is 4.47 Å². The first kappa shape index (κ1) is 15.6. The maximum Gasteiger partial charge on any atom is 0.138 e. The second kappa shape index (κ2) is 6.31. The highest BCUT2D eigenvalue weighted by Crippen LogP contribution is 2.36. The summed E-state index contributed by atoms with van der Waals surface area (Å²) in [4.78, 5) is 0. The Morgan fingerprint density at radius 2 is 1.90 bits per heavy atom. The lowest BCUT2D eigenvalue weighted by atomic mass is 10.0. The second-order valence-electron chi connectivity index (χ2n) is 4.08. The number of aliphatic hydroxyl groups excluding tert-OH is 1. The highest BCUT2D eigenvalue weighted by atomic mass is 79.9. The highest BCUT2D eigenvalue weighted by Gasteiger charge is 2.18. The van der Waals surface area contributed by atoms with Crippen molar-refractivity contribution < 1.29 is 14.2 Å². The first-order valence-electron chi connectivity index (χ1n) is 5.60. The van der Waals surface area contributed by atoms with Crippen molar-refractivity contribution in [3.05, 3.63) is 61.8 Å². The molecule has 0 aliphatic carbocycles. The van der Waals surface area contributed by atoms with Gasteiger partial charge in [-0.05, 0) is 39.7 Å². The van der Waals surface area contributed by atoms with E-state index < -0.39 is 11.9 Å². The molecule has 0 radical (unpaired) electrons. The van der Waals surface area contributed by atoms with Crippen LogP contribution in [0.2, 0.25) is 10.0 Å². The predicted octanol–water partition coefficient (Wildman–Crippen LogP) is 4.99. The molecule has 2 aromatic carbocycles. The van der Waals surface area contributed by atoms with Crippen LogP contribution >= 0.6 is 39.1 Å². The summed E-state index contributed by atoms with van der Waals surface area (Å²) >= 11 is 15.2. The van der Waals surface area contributed by atoms with Crippen molar-refractivity contribution in [2.45, 2.75) is 6.10 Å². The summed E-state index contributed by atoms with van der Waals surface area (Å²) in [7, 11) is 1.48. The van der Waals surface area contributed by atoms with E-state index in [9.17, 15) is 9.50 Å². The summed E-state index contributed by atoms with van der Waals surface area (Å²) in [6.45, 7) is 0. The smallest absolute Gasteiger partial charge is 0.138 e. The molecular formula is C14H10BrCl2FO2. The third-order valence-corrected chi connectivity index (χ3v) is 4.06. The van der Waals surface area contributed by atoms with Crippen LogP contribution < -0.4 is 4.74 Å². The van der Waals surface area contributed by atoms with Crippen molar-refractivity contribution in [3.8, 4) is 5.75 Å². The molecule has 106 valence electrons. The normalized spacial score (nSPS) is 12.3. The van der Waals surface area contributed by atoms with E-state index in [0.29, 0.717) is 26.9 Å². The molecule has 1 atom stereocenters. The maximum absolute atomic E-state index is 13.2. The minimum Gasteiger partial charge on any atom is -0.495 e. The Morgan fingerprint density at radius 1 is 1.20 bits per heavy atom. The van der Waals surface area contributed by atoms with Gasteiger partial charge in [0.15, 0.2) is 0 Å². The number of halogens is 4. The molecule has 0 bridgehead atoms. The lowest BCUT2D eigenvalue weighted by Gasteiger charge is -2.15. The molecule has 20 heavy (non-hydrogen) atoms. The summed E-state index contributed by atoms with van der Waals surface area (Å²) in [5, 5.41) is 11.0. The zero-order valence-corrected chi connectivity index (χ0v) is 13.4. The average molecular weight is 380 g/mol. The molecule has 0 saturated heterocycles. The van der Waals surface area contributed by atoms with Crippen LogP contribution in [0.3, 0.4) is 0 Å². The van der Waals surface area contributed by atoms with Gasteiger partial charge in [0, 0.05) is 11.6 Å². The van der Waals surface area contributed by atoms with Crippen LogP contribution in [-0.2, 0) is 0 Å². The van der Waals surface area contributed by atoms with Crippen LogP contribution in [0.1, 0.15) is 17.2 Å². The number of methoxy groups -OCH3 is 1. The van der Waals surface area contributed by atoms with Gasteiger partial charge >= 0.3 is 0 Å². The van der Waals surface area contributed by atoms with Gasteiger partial charge in [-0.2, -0.15) is 0 Å². The zero-order chi connectivity index (χ0) is 14.9. The maximum atomic E-state index is 13.2. The number of aliphatic hydroxyl groups is 1. The SMILES string of the molecule is COc1cc(Cl)c(C(O)c2ccc(F)c(Br)c2)cc1Cl. The molecule has 0 spiro atoms. The number of hydrogen-bond donors (Lipinski definition) is 1. The number of ether oxygens (including phenoxy) is 1. The summed E-state index contributed by atoms with van der Waals surface area (Å²) in [5.74, 6) is 0.0210. The molecule has 0 aliphatic rings. The molecule has 1 unspecified atom stereocenters. The van der Waals surface area contributed by atoms with E-state index in [1.165, 1.54) is 37.4 Å². The van der Waals surface area contributed by atoms with Crippen LogP contribution in [0.25, 0.3) is 0 Å². The minimum absolute atomic E-state index is 0.268. The zero-order valence-electron chi connectivity index (χ0n) is 10.3. The lowest BCUT2D eigenvalue weighted by molar-refractivity contribution is 0.220. The van der Waals surface area contributed by atoms with Crippen LogP contribution in [-0.4, -0.2) is 12.2 Å². The minimum atomic E-state index is -1.01. The molecule has 0 saturated carbocycles. The fourth-order valence-corrected chi connectivity index (χ4v) is 2.67. The highest BCUT2D eigenvalue weighted by molar-refractivity contribution is 9.10. The van der Waals surface area contributed by atoms with Gasteiger partial charge in [0.25, 0.3) is 0 Å². The first-order chi connectivity index (χ1) is 9.43. The van der Waals surface area contributed by atoms with Crippen molar-refractivity contribution in [1.29, 1.82) is 0 Å². The van der Waals surface area contributed by atoms with Gasteiger partial charge in [-0.1, -0.05) is 29.3 Å². The lowest BCUT2D eigenvalue weighted by Crippen LogP contribution is -2.02. The van der Waals surface area contributed by atoms with E-state index >= 15 is 0 Å². The molecular weight excluding hydrogens is 370 g/mol. The Bertz CT molecular complexity index is 649. The largest absolute Gasteiger partial charge is 0.495 e. The van der Waals surface area contributed by atoms with Crippen molar-refractivity contribution in [3.63, 3.8) is 0 Å². The second-order valence-corrected chi connectivity index (χ2v) is 5.75. The Morgan fingerprint density at radius 3 is 2.50 bits per heavy atom. The van der Waals surface area contributed by atoms with E-state index in [4.69, 9.17) is 27.9 Å². The van der Waals surface area contributed by atoms with Crippen molar-refractivity contribution in [2.24, 2.45) is 0 Å². The number of hydrogen-bond acceptors (Lipinski definition) is 2. The molecule has 2 aromatic rings. The Hall–Kier alpha value is -0.810. The van der Waals surface area contributed by atoms with Crippen LogP contribution in [0.15, 0.2) is 34.8 Å². The van der Waals surface area contributed by atoms with E-state index in [2.05, 4.69) is 15.9 Å². The molecule has 0 amide bonds. The fourth-order valence-electron chi connectivity index (χ4n) is 1.77. The predicted molar refractivity (Wildman–Crippen MR) is 81.2 cm³/mol. The molecule has 2 nitrogen and oxygen atoms in total. The van der Waals surface area contributed by atoms with E-state index in [1.807, 2.05) is 0 Å². The summed E-state index contributed by atoms with van der Waals surface area (Å²) < 4.78 is 18.5. The van der Waals surface area contributed by atoms with Crippen molar-refractivity contribution in [2.75, 3.05) is 7.11 Å². The van der Waals surface area contributed by atoms with Gasteiger partial charge < -0.3 is 9.84 Å².